The van der Waals surface area contributed by atoms with Gasteiger partial charge in [-0.2, -0.15) is 0 Å². The molecule has 0 aliphatic rings. The first-order chi connectivity index (χ1) is 16.1. The van der Waals surface area contributed by atoms with E-state index < -0.39 is 11.1 Å². The Morgan fingerprint density at radius 1 is 1.15 bits per heavy atom. The van der Waals surface area contributed by atoms with E-state index in [4.69, 9.17) is 4.74 Å². The number of nitrogens with zero attached hydrogens (tertiary/aromatic N) is 3. The lowest BCUT2D eigenvalue weighted by Crippen LogP contribution is -2.30. The van der Waals surface area contributed by atoms with Crippen molar-refractivity contribution in [2.45, 2.75) is 30.8 Å². The molecule has 9 heteroatoms. The minimum Gasteiger partial charge on any atom is -0.494 e. The Morgan fingerprint density at radius 2 is 1.94 bits per heavy atom. The van der Waals surface area contributed by atoms with Gasteiger partial charge in [-0.1, -0.05) is 30.0 Å². The number of aromatic nitrogens is 3. The maximum absolute atomic E-state index is 14.8. The quantitative estimate of drug-likeness (QED) is 0.327. The van der Waals surface area contributed by atoms with Crippen molar-refractivity contribution in [2.24, 2.45) is 0 Å². The Kier molecular flexibility index (Phi) is 7.41. The molecule has 1 atom stereocenters. The van der Waals surface area contributed by atoms with E-state index in [-0.39, 0.29) is 5.91 Å². The Morgan fingerprint density at radius 3 is 2.64 bits per heavy atom. The zero-order valence-electron chi connectivity index (χ0n) is 18.2. The van der Waals surface area contributed by atoms with Gasteiger partial charge in [0.1, 0.15) is 11.6 Å². The van der Waals surface area contributed by atoms with Crippen molar-refractivity contribution in [2.75, 3.05) is 6.61 Å². The first kappa shape index (κ1) is 23.0. The molecule has 170 valence electrons. The van der Waals surface area contributed by atoms with E-state index in [1.165, 1.54) is 17.8 Å². The lowest BCUT2D eigenvalue weighted by Gasteiger charge is -2.14. The fraction of sp³-hybridized carbons (Fsp3) is 0.208. The minimum absolute atomic E-state index is 0.126. The van der Waals surface area contributed by atoms with Gasteiger partial charge in [-0.05, 0) is 61.7 Å². The SMILES string of the molecule is CCOc1ccc(-c2nnc(SC(C)C(=O)NCc3cccs3)n2-c2ccccc2F)cc1. The summed E-state index contributed by atoms with van der Waals surface area (Å²) in [6, 6.07) is 17.8. The molecule has 1 N–H and O–H groups in total. The van der Waals surface area contributed by atoms with E-state index in [9.17, 15) is 9.18 Å². The Labute approximate surface area is 199 Å². The minimum atomic E-state index is -0.451. The van der Waals surface area contributed by atoms with Gasteiger partial charge in [-0.25, -0.2) is 4.39 Å². The van der Waals surface area contributed by atoms with E-state index in [0.29, 0.717) is 29.8 Å². The number of carbonyl (C=O) groups is 1. The summed E-state index contributed by atoms with van der Waals surface area (Å²) in [6.45, 7) is 4.76. The average Bonchev–Trinajstić information content (AvgIpc) is 3.49. The van der Waals surface area contributed by atoms with Crippen molar-refractivity contribution in [3.05, 3.63) is 76.7 Å². The van der Waals surface area contributed by atoms with Gasteiger partial charge in [0.05, 0.1) is 24.1 Å². The molecule has 1 unspecified atom stereocenters. The summed E-state index contributed by atoms with van der Waals surface area (Å²) in [6.07, 6.45) is 0. The van der Waals surface area contributed by atoms with Crippen molar-refractivity contribution in [1.29, 1.82) is 0 Å². The number of benzene rings is 2. The maximum atomic E-state index is 14.8. The van der Waals surface area contributed by atoms with E-state index in [1.54, 1.807) is 41.0 Å². The first-order valence-electron chi connectivity index (χ1n) is 10.5. The molecule has 0 aliphatic heterocycles. The van der Waals surface area contributed by atoms with Crippen molar-refractivity contribution in [3.63, 3.8) is 0 Å². The van der Waals surface area contributed by atoms with Crippen molar-refractivity contribution >= 4 is 29.0 Å². The third-order valence-corrected chi connectivity index (χ3v) is 6.74. The molecule has 0 bridgehead atoms. The summed E-state index contributed by atoms with van der Waals surface area (Å²) in [5.74, 6) is 0.695. The van der Waals surface area contributed by atoms with E-state index in [0.717, 1.165) is 16.2 Å². The summed E-state index contributed by atoms with van der Waals surface area (Å²) in [7, 11) is 0. The van der Waals surface area contributed by atoms with Gasteiger partial charge in [-0.15, -0.1) is 21.5 Å². The van der Waals surface area contributed by atoms with E-state index in [2.05, 4.69) is 15.5 Å². The summed E-state index contributed by atoms with van der Waals surface area (Å²) in [5, 5.41) is 13.5. The highest BCUT2D eigenvalue weighted by Crippen LogP contribution is 2.32. The van der Waals surface area contributed by atoms with Crippen LogP contribution in [0.4, 0.5) is 4.39 Å². The molecule has 6 nitrogen and oxygen atoms in total. The summed E-state index contributed by atoms with van der Waals surface area (Å²) >= 11 is 2.82. The lowest BCUT2D eigenvalue weighted by atomic mass is 10.2. The topological polar surface area (TPSA) is 69.0 Å². The van der Waals surface area contributed by atoms with Crippen molar-refractivity contribution in [1.82, 2.24) is 20.1 Å². The van der Waals surface area contributed by atoms with Crippen LogP contribution in [0.3, 0.4) is 0 Å². The second-order valence-corrected chi connectivity index (χ2v) is 9.45. The molecule has 0 saturated carbocycles. The molecule has 0 spiro atoms. The number of ether oxygens (including phenoxy) is 1. The van der Waals surface area contributed by atoms with Crippen LogP contribution in [0, 0.1) is 5.82 Å². The fourth-order valence-electron chi connectivity index (χ4n) is 3.19. The summed E-state index contributed by atoms with van der Waals surface area (Å²) < 4.78 is 21.9. The van der Waals surface area contributed by atoms with Gasteiger partial charge in [-0.3, -0.25) is 9.36 Å². The largest absolute Gasteiger partial charge is 0.494 e. The normalized spacial score (nSPS) is 11.8. The lowest BCUT2D eigenvalue weighted by molar-refractivity contribution is -0.120. The number of nitrogens with one attached hydrogen (secondary N) is 1. The van der Waals surface area contributed by atoms with Crippen LogP contribution in [0.15, 0.2) is 71.2 Å². The molecule has 1 amide bonds. The fourth-order valence-corrected chi connectivity index (χ4v) is 4.72. The summed E-state index contributed by atoms with van der Waals surface area (Å²) in [5.41, 5.74) is 1.08. The number of thioether (sulfide) groups is 1. The number of hydrogen-bond donors (Lipinski definition) is 1. The molecular weight excluding hydrogens is 459 g/mol. The number of rotatable bonds is 9. The van der Waals surface area contributed by atoms with Crippen LogP contribution < -0.4 is 10.1 Å². The third-order valence-electron chi connectivity index (χ3n) is 4.82. The monoisotopic (exact) mass is 482 g/mol. The molecule has 4 aromatic rings. The molecule has 0 aliphatic carbocycles. The number of carbonyl (C=O) groups excluding carboxylic acids is 1. The molecular formula is C24H23FN4O2S2. The van der Waals surface area contributed by atoms with E-state index in [1.807, 2.05) is 48.7 Å². The number of thiophene rings is 1. The first-order valence-corrected chi connectivity index (χ1v) is 12.2. The predicted octanol–water partition coefficient (Wildman–Crippen LogP) is 5.33. The Bertz CT molecular complexity index is 1210. The van der Waals surface area contributed by atoms with Crippen molar-refractivity contribution < 1.29 is 13.9 Å². The summed E-state index contributed by atoms with van der Waals surface area (Å²) in [4.78, 5) is 13.7. The highest BCUT2D eigenvalue weighted by molar-refractivity contribution is 8.00. The molecule has 0 fully saturated rings. The van der Waals surface area contributed by atoms with Gasteiger partial charge in [0, 0.05) is 10.4 Å². The van der Waals surface area contributed by atoms with Crippen LogP contribution in [-0.4, -0.2) is 32.5 Å². The van der Waals surface area contributed by atoms with Crippen LogP contribution in [0.2, 0.25) is 0 Å². The zero-order chi connectivity index (χ0) is 23.2. The highest BCUT2D eigenvalue weighted by Gasteiger charge is 2.23. The maximum Gasteiger partial charge on any atom is 0.233 e. The van der Waals surface area contributed by atoms with Crippen LogP contribution >= 0.6 is 23.1 Å². The molecule has 0 saturated heterocycles. The van der Waals surface area contributed by atoms with Crippen molar-refractivity contribution in [3.8, 4) is 22.8 Å². The second kappa shape index (κ2) is 10.6. The van der Waals surface area contributed by atoms with Gasteiger partial charge in [0.2, 0.25) is 5.91 Å². The zero-order valence-corrected chi connectivity index (χ0v) is 19.8. The molecule has 4 rings (SSSR count). The van der Waals surface area contributed by atoms with Gasteiger partial charge in [0.25, 0.3) is 0 Å². The van der Waals surface area contributed by atoms with Crippen LogP contribution in [0.1, 0.15) is 18.7 Å². The molecule has 33 heavy (non-hydrogen) atoms. The van der Waals surface area contributed by atoms with Crippen LogP contribution in [0.25, 0.3) is 17.1 Å². The highest BCUT2D eigenvalue weighted by atomic mass is 32.2. The Balaban J connectivity index is 1.62. The second-order valence-electron chi connectivity index (χ2n) is 7.11. The average molecular weight is 483 g/mol. The smallest absolute Gasteiger partial charge is 0.233 e. The number of para-hydroxylation sites is 1. The van der Waals surface area contributed by atoms with Gasteiger partial charge in [0.15, 0.2) is 11.0 Å². The molecule has 2 aromatic heterocycles. The predicted molar refractivity (Wildman–Crippen MR) is 129 cm³/mol. The number of amides is 1. The van der Waals surface area contributed by atoms with Crippen LogP contribution in [-0.2, 0) is 11.3 Å². The Hall–Kier alpha value is -3.17. The standard InChI is InChI=1S/C24H23FN4O2S2/c1-3-31-18-12-10-17(11-13-18)22-27-28-24(29(22)21-9-5-4-8-20(21)25)33-16(2)23(30)26-15-19-7-6-14-32-19/h4-14,16H,3,15H2,1-2H3,(H,26,30). The third kappa shape index (κ3) is 5.43. The number of hydrogen-bond acceptors (Lipinski definition) is 6. The van der Waals surface area contributed by atoms with Gasteiger partial charge < -0.3 is 10.1 Å². The van der Waals surface area contributed by atoms with Gasteiger partial charge >= 0.3 is 0 Å². The molecule has 2 aromatic carbocycles. The van der Waals surface area contributed by atoms with Crippen LogP contribution in [0.5, 0.6) is 5.75 Å². The molecule has 0 radical (unpaired) electrons. The number of halogens is 1. The van der Waals surface area contributed by atoms with E-state index >= 15 is 0 Å². The molecule has 2 heterocycles.